The minimum atomic E-state index is -1.07. The van der Waals surface area contributed by atoms with Gasteiger partial charge in [-0.2, -0.15) is 0 Å². The molecule has 3 N–H and O–H groups in total. The van der Waals surface area contributed by atoms with E-state index in [4.69, 9.17) is 10.8 Å². The Balaban J connectivity index is 2.27. The maximum absolute atomic E-state index is 10.9. The maximum atomic E-state index is 10.9. The fraction of sp³-hybridized carbons (Fsp3) is 0.929. The average Bonchev–Trinajstić information content (AvgIpc) is 2.65. The van der Waals surface area contributed by atoms with Crippen LogP contribution in [-0.4, -0.2) is 40.1 Å². The highest BCUT2D eigenvalue weighted by atomic mass is 16.4. The zero-order chi connectivity index (χ0) is 13.8. The molecule has 0 aliphatic carbocycles. The van der Waals surface area contributed by atoms with Gasteiger partial charge in [0.15, 0.2) is 0 Å². The van der Waals surface area contributed by atoms with Crippen molar-refractivity contribution in [1.82, 2.24) is 4.90 Å². The number of likely N-dealkylation sites (tertiary alicyclic amines) is 1. The molecule has 1 heterocycles. The monoisotopic (exact) mass is 256 g/mol. The maximum Gasteiger partial charge on any atom is 0.323 e. The van der Waals surface area contributed by atoms with Crippen molar-refractivity contribution in [2.45, 2.75) is 76.9 Å². The lowest BCUT2D eigenvalue weighted by molar-refractivity contribution is -0.142. The number of nitrogens with zero attached hydrogens (tertiary/aromatic N) is 1. The second kappa shape index (κ2) is 6.53. The van der Waals surface area contributed by atoms with Gasteiger partial charge in [0.25, 0.3) is 0 Å². The molecule has 1 fully saturated rings. The molecule has 0 bridgehead atoms. The molecule has 1 rings (SSSR count). The Morgan fingerprint density at radius 1 is 1.44 bits per heavy atom. The van der Waals surface area contributed by atoms with Gasteiger partial charge in [-0.1, -0.05) is 6.92 Å². The fourth-order valence-corrected chi connectivity index (χ4v) is 2.86. The Kier molecular flexibility index (Phi) is 5.60. The second-order valence-corrected chi connectivity index (χ2v) is 5.91. The van der Waals surface area contributed by atoms with Crippen molar-refractivity contribution in [3.8, 4) is 0 Å². The van der Waals surface area contributed by atoms with E-state index in [1.165, 1.54) is 19.3 Å². The van der Waals surface area contributed by atoms with Crippen LogP contribution in [0.15, 0.2) is 0 Å². The smallest absolute Gasteiger partial charge is 0.323 e. The van der Waals surface area contributed by atoms with Gasteiger partial charge in [0, 0.05) is 12.1 Å². The summed E-state index contributed by atoms with van der Waals surface area (Å²) >= 11 is 0. The van der Waals surface area contributed by atoms with Gasteiger partial charge in [0.05, 0.1) is 0 Å². The number of hydrogen-bond acceptors (Lipinski definition) is 3. The van der Waals surface area contributed by atoms with E-state index in [1.807, 2.05) is 0 Å². The first-order valence-electron chi connectivity index (χ1n) is 7.16. The van der Waals surface area contributed by atoms with Crippen LogP contribution in [-0.2, 0) is 4.79 Å². The van der Waals surface area contributed by atoms with Crippen molar-refractivity contribution in [2.24, 2.45) is 5.73 Å². The molecule has 1 saturated heterocycles. The zero-order valence-electron chi connectivity index (χ0n) is 12.0. The van der Waals surface area contributed by atoms with Crippen molar-refractivity contribution in [2.75, 3.05) is 6.54 Å². The highest BCUT2D eigenvalue weighted by Gasteiger charge is 2.30. The number of unbranched alkanes of at least 4 members (excludes halogenated alkanes) is 1. The number of carboxylic acids is 1. The summed E-state index contributed by atoms with van der Waals surface area (Å²) in [4.78, 5) is 13.5. The van der Waals surface area contributed by atoms with Crippen molar-refractivity contribution < 1.29 is 9.90 Å². The molecule has 4 heteroatoms. The predicted molar refractivity (Wildman–Crippen MR) is 73.6 cm³/mol. The number of aliphatic carboxylic acids is 1. The molecule has 0 amide bonds. The SMILES string of the molecule is CCC1CCC(C)N1CCCCC(C)(N)C(=O)O. The van der Waals surface area contributed by atoms with Crippen LogP contribution in [0.5, 0.6) is 0 Å². The third-order valence-corrected chi connectivity index (χ3v) is 4.28. The summed E-state index contributed by atoms with van der Waals surface area (Å²) in [5.74, 6) is -0.900. The van der Waals surface area contributed by atoms with Crippen LogP contribution >= 0.6 is 0 Å². The molecular formula is C14H28N2O2. The van der Waals surface area contributed by atoms with Gasteiger partial charge in [0.1, 0.15) is 5.54 Å². The van der Waals surface area contributed by atoms with Gasteiger partial charge >= 0.3 is 5.97 Å². The lowest BCUT2D eigenvalue weighted by Crippen LogP contribution is -2.44. The van der Waals surface area contributed by atoms with E-state index >= 15 is 0 Å². The topological polar surface area (TPSA) is 66.6 Å². The van der Waals surface area contributed by atoms with Crippen LogP contribution in [0.3, 0.4) is 0 Å². The van der Waals surface area contributed by atoms with Crippen LogP contribution in [0, 0.1) is 0 Å². The summed E-state index contributed by atoms with van der Waals surface area (Å²) in [7, 11) is 0. The second-order valence-electron chi connectivity index (χ2n) is 5.91. The summed E-state index contributed by atoms with van der Waals surface area (Å²) < 4.78 is 0. The molecule has 0 radical (unpaired) electrons. The van der Waals surface area contributed by atoms with Crippen molar-refractivity contribution in [3.05, 3.63) is 0 Å². The normalized spacial score (nSPS) is 28.2. The average molecular weight is 256 g/mol. The number of carbonyl (C=O) groups is 1. The molecule has 0 saturated carbocycles. The summed E-state index contributed by atoms with van der Waals surface area (Å²) in [6.07, 6.45) is 6.30. The van der Waals surface area contributed by atoms with Crippen molar-refractivity contribution in [3.63, 3.8) is 0 Å². The standard InChI is InChI=1S/C14H28N2O2/c1-4-12-8-7-11(2)16(12)10-6-5-9-14(3,15)13(17)18/h11-12H,4-10,15H2,1-3H3,(H,17,18). The quantitative estimate of drug-likeness (QED) is 0.685. The highest BCUT2D eigenvalue weighted by molar-refractivity contribution is 5.77. The van der Waals surface area contributed by atoms with Gasteiger partial charge in [-0.05, 0) is 58.9 Å². The first-order valence-corrected chi connectivity index (χ1v) is 7.16. The van der Waals surface area contributed by atoms with E-state index in [0.717, 1.165) is 25.4 Å². The number of nitrogens with two attached hydrogens (primary N) is 1. The lowest BCUT2D eigenvalue weighted by Gasteiger charge is -2.28. The summed E-state index contributed by atoms with van der Waals surface area (Å²) in [5.41, 5.74) is 4.65. The predicted octanol–water partition coefficient (Wildman–Crippen LogP) is 2.22. The first-order chi connectivity index (χ1) is 8.38. The Bertz CT molecular complexity index is 279. The van der Waals surface area contributed by atoms with Gasteiger partial charge in [-0.25, -0.2) is 0 Å². The molecule has 106 valence electrons. The first kappa shape index (κ1) is 15.4. The van der Waals surface area contributed by atoms with E-state index < -0.39 is 11.5 Å². The van der Waals surface area contributed by atoms with E-state index in [1.54, 1.807) is 6.92 Å². The molecule has 3 atom stereocenters. The molecule has 0 aromatic rings. The summed E-state index contributed by atoms with van der Waals surface area (Å²) in [5, 5.41) is 8.94. The summed E-state index contributed by atoms with van der Waals surface area (Å²) in [6, 6.07) is 1.41. The number of carboxylic acid groups (broad SMARTS) is 1. The van der Waals surface area contributed by atoms with Crippen LogP contribution in [0.2, 0.25) is 0 Å². The number of rotatable bonds is 7. The zero-order valence-corrected chi connectivity index (χ0v) is 12.0. The Hall–Kier alpha value is -0.610. The minimum absolute atomic E-state index is 0.557. The van der Waals surface area contributed by atoms with E-state index in [2.05, 4.69) is 18.7 Å². The third kappa shape index (κ3) is 3.95. The van der Waals surface area contributed by atoms with E-state index in [9.17, 15) is 4.79 Å². The van der Waals surface area contributed by atoms with E-state index in [0.29, 0.717) is 12.5 Å². The lowest BCUT2D eigenvalue weighted by atomic mass is 9.96. The van der Waals surface area contributed by atoms with Gasteiger partial charge in [-0.3, -0.25) is 9.69 Å². The molecule has 4 nitrogen and oxygen atoms in total. The van der Waals surface area contributed by atoms with Crippen LogP contribution in [0.25, 0.3) is 0 Å². The van der Waals surface area contributed by atoms with Crippen molar-refractivity contribution >= 4 is 5.97 Å². The summed E-state index contributed by atoms with van der Waals surface area (Å²) in [6.45, 7) is 7.22. The molecule has 0 aromatic carbocycles. The molecule has 0 aromatic heterocycles. The molecule has 0 spiro atoms. The van der Waals surface area contributed by atoms with Crippen LogP contribution in [0.4, 0.5) is 0 Å². The molecule has 1 aliphatic heterocycles. The van der Waals surface area contributed by atoms with Gasteiger partial charge in [-0.15, -0.1) is 0 Å². The van der Waals surface area contributed by atoms with Crippen LogP contribution in [0.1, 0.15) is 59.3 Å². The van der Waals surface area contributed by atoms with Gasteiger partial charge < -0.3 is 10.8 Å². The highest BCUT2D eigenvalue weighted by Crippen LogP contribution is 2.26. The largest absolute Gasteiger partial charge is 0.480 e. The fourth-order valence-electron chi connectivity index (χ4n) is 2.86. The van der Waals surface area contributed by atoms with Crippen molar-refractivity contribution in [1.29, 1.82) is 0 Å². The Labute approximate surface area is 111 Å². The molecule has 3 unspecified atom stereocenters. The minimum Gasteiger partial charge on any atom is -0.480 e. The molecular weight excluding hydrogens is 228 g/mol. The Morgan fingerprint density at radius 2 is 2.11 bits per heavy atom. The molecule has 18 heavy (non-hydrogen) atoms. The van der Waals surface area contributed by atoms with E-state index in [-0.39, 0.29) is 0 Å². The Morgan fingerprint density at radius 3 is 2.67 bits per heavy atom. The van der Waals surface area contributed by atoms with Gasteiger partial charge in [0.2, 0.25) is 0 Å². The number of hydrogen-bond donors (Lipinski definition) is 2. The molecule has 1 aliphatic rings. The third-order valence-electron chi connectivity index (χ3n) is 4.28. The van der Waals surface area contributed by atoms with Crippen LogP contribution < -0.4 is 5.73 Å².